The van der Waals surface area contributed by atoms with Gasteiger partial charge >= 0.3 is 0 Å². The van der Waals surface area contributed by atoms with E-state index >= 15 is 0 Å². The monoisotopic (exact) mass is 630 g/mol. The normalized spacial score (nSPS) is 12.0. The minimum atomic E-state index is 1.24. The predicted molar refractivity (Wildman–Crippen MR) is 217 cm³/mol. The Hall–Kier alpha value is -6.50. The van der Waals surface area contributed by atoms with E-state index < -0.39 is 0 Å². The highest BCUT2D eigenvalue weighted by atomic mass is 14.2. The highest BCUT2D eigenvalue weighted by Gasteiger charge is 2.19. The van der Waals surface area contributed by atoms with Crippen LogP contribution in [0.2, 0.25) is 0 Å². The van der Waals surface area contributed by atoms with Gasteiger partial charge in [0.15, 0.2) is 0 Å². The van der Waals surface area contributed by atoms with E-state index in [0.29, 0.717) is 0 Å². The van der Waals surface area contributed by atoms with Crippen LogP contribution < -0.4 is 0 Å². The summed E-state index contributed by atoms with van der Waals surface area (Å²) in [6, 6.07) is 67.8. The first-order chi connectivity index (χ1) is 24.8. The van der Waals surface area contributed by atoms with Gasteiger partial charge in [-0.05, 0) is 133 Å². The van der Waals surface area contributed by atoms with E-state index in [-0.39, 0.29) is 0 Å². The van der Waals surface area contributed by atoms with Crippen LogP contribution in [-0.2, 0) is 0 Å². The summed E-state index contributed by atoms with van der Waals surface area (Å²) in [7, 11) is 0. The average molecular weight is 631 g/mol. The maximum atomic E-state index is 2.44. The fourth-order valence-electron chi connectivity index (χ4n) is 8.62. The van der Waals surface area contributed by atoms with Gasteiger partial charge in [-0.1, -0.05) is 158 Å². The maximum absolute atomic E-state index is 2.44. The van der Waals surface area contributed by atoms with Crippen molar-refractivity contribution in [1.29, 1.82) is 0 Å². The Bertz CT molecular complexity index is 3200. The maximum Gasteiger partial charge on any atom is -0.00141 e. The molecule has 0 aliphatic rings. The molecule has 0 saturated carbocycles. The highest BCUT2D eigenvalue weighted by Crippen LogP contribution is 2.47. The van der Waals surface area contributed by atoms with Crippen LogP contribution in [0.25, 0.3) is 108 Å². The molecule has 0 radical (unpaired) electrons. The molecule has 0 atom stereocenters. The summed E-state index contributed by atoms with van der Waals surface area (Å²) in [6.45, 7) is 0. The molecule has 0 nitrogen and oxygen atoms in total. The van der Waals surface area contributed by atoms with E-state index in [1.54, 1.807) is 0 Å². The lowest BCUT2D eigenvalue weighted by atomic mass is 9.83. The van der Waals surface area contributed by atoms with Gasteiger partial charge in [0.2, 0.25) is 0 Å². The van der Waals surface area contributed by atoms with E-state index in [0.717, 1.165) is 0 Å². The van der Waals surface area contributed by atoms with Gasteiger partial charge in [-0.3, -0.25) is 0 Å². The highest BCUT2D eigenvalue weighted by molar-refractivity contribution is 6.29. The lowest BCUT2D eigenvalue weighted by Crippen LogP contribution is -1.92. The standard InChI is InChI=1S/C50H30/c1-2-12-36-28-47-37(27-35(36)11-1)22-19-34-20-23-38(29-46(34)47)48-42-15-7-8-16-43(42)49(50-41-14-6-4-10-32(41)25-26-44(48)50)39-24-21-33-18-17-31-9-3-5-13-40(31)45(33)30-39/h1-30H. The van der Waals surface area contributed by atoms with Gasteiger partial charge < -0.3 is 0 Å². The second-order valence-corrected chi connectivity index (χ2v) is 13.6. The summed E-state index contributed by atoms with van der Waals surface area (Å²) in [5.41, 5.74) is 5.07. The van der Waals surface area contributed by atoms with Crippen LogP contribution in [0.3, 0.4) is 0 Å². The van der Waals surface area contributed by atoms with Gasteiger partial charge in [0.25, 0.3) is 0 Å². The van der Waals surface area contributed by atoms with Crippen molar-refractivity contribution in [2.45, 2.75) is 0 Å². The molecule has 0 amide bonds. The topological polar surface area (TPSA) is 0 Å². The van der Waals surface area contributed by atoms with Crippen LogP contribution >= 0.6 is 0 Å². The largest absolute Gasteiger partial charge is 0.0616 e. The predicted octanol–water partition coefficient (Wildman–Crippen LogP) is 14.2. The molecule has 0 aliphatic heterocycles. The molecule has 0 saturated heterocycles. The van der Waals surface area contributed by atoms with Crippen molar-refractivity contribution in [2.75, 3.05) is 0 Å². The van der Waals surface area contributed by atoms with Crippen molar-refractivity contribution < 1.29 is 0 Å². The second-order valence-electron chi connectivity index (χ2n) is 13.6. The van der Waals surface area contributed by atoms with Gasteiger partial charge in [0.1, 0.15) is 0 Å². The van der Waals surface area contributed by atoms with Gasteiger partial charge in [-0.2, -0.15) is 0 Å². The molecule has 0 unspecified atom stereocenters. The minimum absolute atomic E-state index is 1.24. The third-order valence-corrected chi connectivity index (χ3v) is 10.9. The lowest BCUT2D eigenvalue weighted by Gasteiger charge is -2.20. The molecule has 0 spiro atoms. The first kappa shape index (κ1) is 27.5. The van der Waals surface area contributed by atoms with Gasteiger partial charge in [0, 0.05) is 0 Å². The van der Waals surface area contributed by atoms with Crippen LogP contribution in [0, 0.1) is 0 Å². The van der Waals surface area contributed by atoms with E-state index in [2.05, 4.69) is 182 Å². The van der Waals surface area contributed by atoms with E-state index in [9.17, 15) is 0 Å². The SMILES string of the molecule is c1ccc2cc3c(ccc4ccc(-c5c6ccccc6c(-c6ccc7ccc8ccccc8c7c6)c6c5ccc5ccccc56)cc43)cc2c1. The van der Waals surface area contributed by atoms with Crippen molar-refractivity contribution in [2.24, 2.45) is 0 Å². The van der Waals surface area contributed by atoms with Crippen LogP contribution in [0.4, 0.5) is 0 Å². The molecule has 230 valence electrons. The van der Waals surface area contributed by atoms with Crippen LogP contribution in [0.5, 0.6) is 0 Å². The summed E-state index contributed by atoms with van der Waals surface area (Å²) in [5.74, 6) is 0. The zero-order valence-corrected chi connectivity index (χ0v) is 27.3. The number of hydrogen-bond acceptors (Lipinski definition) is 0. The van der Waals surface area contributed by atoms with Crippen LogP contribution in [0.15, 0.2) is 182 Å². The lowest BCUT2D eigenvalue weighted by molar-refractivity contribution is 1.70. The first-order valence-electron chi connectivity index (χ1n) is 17.4. The summed E-state index contributed by atoms with van der Waals surface area (Å²) in [4.78, 5) is 0. The summed E-state index contributed by atoms with van der Waals surface area (Å²) in [6.07, 6.45) is 0. The Morgan fingerprint density at radius 2 is 0.620 bits per heavy atom. The Labute approximate surface area is 289 Å². The van der Waals surface area contributed by atoms with Crippen molar-refractivity contribution in [1.82, 2.24) is 0 Å². The van der Waals surface area contributed by atoms with Crippen LogP contribution in [0.1, 0.15) is 0 Å². The van der Waals surface area contributed by atoms with Gasteiger partial charge in [-0.25, -0.2) is 0 Å². The Kier molecular flexibility index (Phi) is 5.76. The quantitative estimate of drug-likeness (QED) is 0.132. The fraction of sp³-hybridized carbons (Fsp3) is 0. The molecule has 50 heavy (non-hydrogen) atoms. The fourth-order valence-corrected chi connectivity index (χ4v) is 8.62. The molecule has 0 heterocycles. The first-order valence-corrected chi connectivity index (χ1v) is 17.4. The number of hydrogen-bond donors (Lipinski definition) is 0. The molecule has 11 aromatic carbocycles. The Morgan fingerprint density at radius 1 is 0.200 bits per heavy atom. The van der Waals surface area contributed by atoms with Crippen LogP contribution in [-0.4, -0.2) is 0 Å². The van der Waals surface area contributed by atoms with Crippen molar-refractivity contribution in [3.05, 3.63) is 182 Å². The molecular formula is C50H30. The number of benzene rings is 11. The van der Waals surface area contributed by atoms with Crippen molar-refractivity contribution in [3.8, 4) is 22.3 Å². The Balaban J connectivity index is 1.27. The molecular weight excluding hydrogens is 601 g/mol. The molecule has 11 rings (SSSR count). The number of fused-ring (bicyclic) bond motifs is 11. The summed E-state index contributed by atoms with van der Waals surface area (Å²) in [5, 5.41) is 20.4. The van der Waals surface area contributed by atoms with Gasteiger partial charge in [0.05, 0.1) is 0 Å². The summed E-state index contributed by atoms with van der Waals surface area (Å²) >= 11 is 0. The molecule has 0 aromatic heterocycles. The average Bonchev–Trinajstić information content (AvgIpc) is 3.18. The zero-order valence-electron chi connectivity index (χ0n) is 27.3. The van der Waals surface area contributed by atoms with Crippen molar-refractivity contribution >= 4 is 86.2 Å². The molecule has 0 fully saturated rings. The van der Waals surface area contributed by atoms with E-state index in [4.69, 9.17) is 0 Å². The molecule has 11 aromatic rings. The zero-order chi connectivity index (χ0) is 32.8. The second kappa shape index (κ2) is 10.5. The molecule has 0 N–H and O–H groups in total. The Morgan fingerprint density at radius 3 is 1.32 bits per heavy atom. The third-order valence-electron chi connectivity index (χ3n) is 10.9. The third kappa shape index (κ3) is 4.00. The van der Waals surface area contributed by atoms with Crippen molar-refractivity contribution in [3.63, 3.8) is 0 Å². The molecule has 0 heteroatoms. The smallest absolute Gasteiger partial charge is 0.00141 e. The van der Waals surface area contributed by atoms with E-state index in [1.807, 2.05) is 0 Å². The van der Waals surface area contributed by atoms with Gasteiger partial charge in [-0.15, -0.1) is 0 Å². The summed E-state index contributed by atoms with van der Waals surface area (Å²) < 4.78 is 0. The number of rotatable bonds is 2. The van der Waals surface area contributed by atoms with E-state index in [1.165, 1.54) is 108 Å². The molecule has 0 aliphatic carbocycles. The molecule has 0 bridgehead atoms. The minimum Gasteiger partial charge on any atom is -0.0616 e.